The molecule has 6 heteroatoms. The minimum Gasteiger partial charge on any atom is -0.347 e. The van der Waals surface area contributed by atoms with Crippen LogP contribution in [0.1, 0.15) is 22.7 Å². The van der Waals surface area contributed by atoms with Gasteiger partial charge in [-0.05, 0) is 31.5 Å². The lowest BCUT2D eigenvalue weighted by atomic mass is 10.1. The van der Waals surface area contributed by atoms with Gasteiger partial charge in [0.25, 0.3) is 0 Å². The Labute approximate surface area is 148 Å². The predicted octanol–water partition coefficient (Wildman–Crippen LogP) is 2.51. The van der Waals surface area contributed by atoms with Crippen LogP contribution in [0.2, 0.25) is 0 Å². The molecule has 2 aromatic rings. The highest BCUT2D eigenvalue weighted by atomic mass is 32.2. The number of likely N-dealkylation sites (N-methyl/N-ethyl adjacent to an activating group) is 1. The van der Waals surface area contributed by atoms with Crippen molar-refractivity contribution in [1.82, 2.24) is 9.21 Å². The molecule has 2 aromatic carbocycles. The molecule has 1 unspecified atom stereocenters. The van der Waals surface area contributed by atoms with Crippen molar-refractivity contribution in [3.63, 3.8) is 0 Å². The number of benzene rings is 2. The highest BCUT2D eigenvalue weighted by Gasteiger charge is 2.60. The lowest BCUT2D eigenvalue weighted by molar-refractivity contribution is -0.128. The van der Waals surface area contributed by atoms with Gasteiger partial charge in [0, 0.05) is 14.1 Å². The summed E-state index contributed by atoms with van der Waals surface area (Å²) in [6, 6.07) is 13.2. The minimum atomic E-state index is -3.73. The summed E-state index contributed by atoms with van der Waals surface area (Å²) in [7, 11) is -0.447. The Balaban J connectivity index is 2.00. The summed E-state index contributed by atoms with van der Waals surface area (Å²) < 4.78 is 27.4. The molecular weight excluding hydrogens is 336 g/mol. The molecule has 0 N–H and O–H groups in total. The SMILES string of the molecule is Cc1ccc([C@H]2[C@@H](C(=O)N(C)C)N2S(=O)(=O)c2ccc(C)cc2)cc1. The van der Waals surface area contributed by atoms with Crippen LogP contribution in [0.15, 0.2) is 53.4 Å². The van der Waals surface area contributed by atoms with Crippen LogP contribution >= 0.6 is 0 Å². The first-order valence-electron chi connectivity index (χ1n) is 8.11. The molecule has 1 amide bonds. The molecule has 0 spiro atoms. The molecule has 0 bridgehead atoms. The van der Waals surface area contributed by atoms with E-state index in [4.69, 9.17) is 0 Å². The van der Waals surface area contributed by atoms with E-state index in [0.29, 0.717) is 0 Å². The molecule has 1 saturated heterocycles. The van der Waals surface area contributed by atoms with Gasteiger partial charge >= 0.3 is 0 Å². The number of nitrogens with zero attached hydrogens (tertiary/aromatic N) is 2. The Hall–Kier alpha value is -2.18. The average molecular weight is 358 g/mol. The van der Waals surface area contributed by atoms with Gasteiger partial charge in [-0.15, -0.1) is 0 Å². The molecule has 1 aliphatic rings. The van der Waals surface area contributed by atoms with Crippen LogP contribution in [0, 0.1) is 13.8 Å². The second-order valence-electron chi connectivity index (χ2n) is 6.68. The number of aryl methyl sites for hydroxylation is 2. The Morgan fingerprint density at radius 3 is 1.88 bits per heavy atom. The molecule has 3 atom stereocenters. The summed E-state index contributed by atoms with van der Waals surface area (Å²) in [5.41, 5.74) is 2.91. The summed E-state index contributed by atoms with van der Waals surface area (Å²) >= 11 is 0. The zero-order valence-corrected chi connectivity index (χ0v) is 15.6. The minimum absolute atomic E-state index is 0.207. The van der Waals surface area contributed by atoms with Gasteiger partial charge in [-0.3, -0.25) is 4.79 Å². The number of hydrogen-bond donors (Lipinski definition) is 0. The monoisotopic (exact) mass is 358 g/mol. The van der Waals surface area contributed by atoms with E-state index < -0.39 is 22.1 Å². The van der Waals surface area contributed by atoms with Crippen molar-refractivity contribution in [3.8, 4) is 0 Å². The van der Waals surface area contributed by atoms with Crippen LogP contribution in [0.3, 0.4) is 0 Å². The van der Waals surface area contributed by atoms with Gasteiger partial charge in [0.15, 0.2) is 0 Å². The molecule has 25 heavy (non-hydrogen) atoms. The lowest BCUT2D eigenvalue weighted by Crippen LogP contribution is -2.30. The van der Waals surface area contributed by atoms with Crippen LogP contribution in [0.5, 0.6) is 0 Å². The van der Waals surface area contributed by atoms with Crippen molar-refractivity contribution in [2.45, 2.75) is 30.8 Å². The van der Waals surface area contributed by atoms with Crippen LogP contribution in [-0.4, -0.2) is 43.7 Å². The zero-order valence-electron chi connectivity index (χ0n) is 14.8. The first-order valence-corrected chi connectivity index (χ1v) is 9.55. The number of sulfonamides is 1. The second-order valence-corrected chi connectivity index (χ2v) is 8.52. The van der Waals surface area contributed by atoms with Gasteiger partial charge in [0.2, 0.25) is 15.9 Å². The van der Waals surface area contributed by atoms with Crippen LogP contribution in [0.4, 0.5) is 0 Å². The normalized spacial score (nSPS) is 22.5. The third kappa shape index (κ3) is 3.19. The number of rotatable bonds is 4. The summed E-state index contributed by atoms with van der Waals surface area (Å²) in [6.07, 6.45) is 0. The molecule has 5 nitrogen and oxygen atoms in total. The van der Waals surface area contributed by atoms with Crippen LogP contribution in [-0.2, 0) is 14.8 Å². The Kier molecular flexibility index (Phi) is 4.43. The zero-order chi connectivity index (χ0) is 18.4. The van der Waals surface area contributed by atoms with E-state index in [1.807, 2.05) is 38.1 Å². The summed E-state index contributed by atoms with van der Waals surface area (Å²) in [5.74, 6) is -0.207. The molecule has 3 rings (SSSR count). The van der Waals surface area contributed by atoms with E-state index in [1.54, 1.807) is 38.4 Å². The Morgan fingerprint density at radius 1 is 0.920 bits per heavy atom. The summed E-state index contributed by atoms with van der Waals surface area (Å²) in [5, 5.41) is 0. The van der Waals surface area contributed by atoms with E-state index in [2.05, 4.69) is 0 Å². The number of hydrogen-bond acceptors (Lipinski definition) is 3. The first kappa shape index (κ1) is 17.6. The molecule has 1 heterocycles. The number of amides is 1. The van der Waals surface area contributed by atoms with Gasteiger partial charge in [-0.25, -0.2) is 8.42 Å². The van der Waals surface area contributed by atoms with Crippen LogP contribution < -0.4 is 0 Å². The molecule has 132 valence electrons. The molecule has 0 aromatic heterocycles. The fraction of sp³-hybridized carbons (Fsp3) is 0.316. The molecule has 0 saturated carbocycles. The van der Waals surface area contributed by atoms with E-state index >= 15 is 0 Å². The standard InChI is InChI=1S/C19H22N2O3S/c1-13-5-9-15(10-6-13)17-18(19(22)20(3)4)21(17)25(23,24)16-11-7-14(2)8-12-16/h5-12,17-18H,1-4H3/t17-,18-,21?/m0/s1. The van der Waals surface area contributed by atoms with Gasteiger partial charge in [0.05, 0.1) is 10.9 Å². The topological polar surface area (TPSA) is 57.5 Å². The van der Waals surface area contributed by atoms with Crippen molar-refractivity contribution in [2.24, 2.45) is 0 Å². The highest BCUT2D eigenvalue weighted by Crippen LogP contribution is 2.48. The smallest absolute Gasteiger partial charge is 0.244 e. The fourth-order valence-corrected chi connectivity index (χ4v) is 4.65. The maximum atomic E-state index is 13.0. The van der Waals surface area contributed by atoms with Crippen molar-refractivity contribution >= 4 is 15.9 Å². The summed E-state index contributed by atoms with van der Waals surface area (Å²) in [4.78, 5) is 14.2. The van der Waals surface area contributed by atoms with Crippen LogP contribution in [0.25, 0.3) is 0 Å². The van der Waals surface area contributed by atoms with Crippen molar-refractivity contribution in [3.05, 3.63) is 65.2 Å². The second kappa shape index (κ2) is 6.28. The third-order valence-corrected chi connectivity index (χ3v) is 6.34. The predicted molar refractivity (Wildman–Crippen MR) is 96.6 cm³/mol. The van der Waals surface area contributed by atoms with E-state index in [-0.39, 0.29) is 10.8 Å². The summed E-state index contributed by atoms with van der Waals surface area (Å²) in [6.45, 7) is 3.88. The van der Waals surface area contributed by atoms with Crippen molar-refractivity contribution in [2.75, 3.05) is 14.1 Å². The average Bonchev–Trinajstić information content (AvgIpc) is 3.31. The quantitative estimate of drug-likeness (QED) is 0.789. The number of carbonyl (C=O) groups is 1. The molecular formula is C19H22N2O3S. The first-order chi connectivity index (χ1) is 11.7. The fourth-order valence-electron chi connectivity index (χ4n) is 2.94. The van der Waals surface area contributed by atoms with E-state index in [0.717, 1.165) is 16.7 Å². The molecule has 1 aliphatic heterocycles. The lowest BCUT2D eigenvalue weighted by Gasteiger charge is -2.10. The van der Waals surface area contributed by atoms with Gasteiger partial charge in [-0.1, -0.05) is 47.5 Å². The van der Waals surface area contributed by atoms with Crippen molar-refractivity contribution < 1.29 is 13.2 Å². The van der Waals surface area contributed by atoms with Gasteiger partial charge in [-0.2, -0.15) is 4.31 Å². The van der Waals surface area contributed by atoms with E-state index in [1.165, 1.54) is 9.21 Å². The highest BCUT2D eigenvalue weighted by molar-refractivity contribution is 7.89. The van der Waals surface area contributed by atoms with Gasteiger partial charge < -0.3 is 4.90 Å². The maximum absolute atomic E-state index is 13.0. The largest absolute Gasteiger partial charge is 0.347 e. The maximum Gasteiger partial charge on any atom is 0.244 e. The molecule has 0 aliphatic carbocycles. The molecule has 1 fully saturated rings. The third-order valence-electron chi connectivity index (χ3n) is 4.47. The Bertz CT molecular complexity index is 887. The number of carbonyl (C=O) groups excluding carboxylic acids is 1. The Morgan fingerprint density at radius 2 is 1.40 bits per heavy atom. The van der Waals surface area contributed by atoms with Gasteiger partial charge in [0.1, 0.15) is 6.04 Å². The molecule has 0 radical (unpaired) electrons. The van der Waals surface area contributed by atoms with Crippen molar-refractivity contribution in [1.29, 1.82) is 0 Å². The van der Waals surface area contributed by atoms with E-state index in [9.17, 15) is 13.2 Å².